The van der Waals surface area contributed by atoms with E-state index >= 15 is 0 Å². The lowest BCUT2D eigenvalue weighted by Gasteiger charge is -2.34. The normalized spacial score (nSPS) is 17.7. The quantitative estimate of drug-likeness (QED) is 0.786. The molecule has 1 atom stereocenters. The molecular formula is C21H29N5O. The molecule has 0 N–H and O–H groups in total. The number of rotatable bonds is 6. The summed E-state index contributed by atoms with van der Waals surface area (Å²) >= 11 is 0. The first-order valence-corrected chi connectivity index (χ1v) is 9.86. The van der Waals surface area contributed by atoms with Crippen LogP contribution in [0.2, 0.25) is 0 Å². The molecule has 1 aliphatic heterocycles. The fraction of sp³-hybridized carbons (Fsp3) is 0.524. The number of aromatic nitrogens is 3. The average molecular weight is 367 g/mol. The van der Waals surface area contributed by atoms with Gasteiger partial charge in [0.2, 0.25) is 5.91 Å². The first-order valence-electron chi connectivity index (χ1n) is 9.86. The molecule has 2 aromatic rings. The van der Waals surface area contributed by atoms with Crippen LogP contribution in [-0.4, -0.2) is 63.4 Å². The Morgan fingerprint density at radius 3 is 2.70 bits per heavy atom. The van der Waals surface area contributed by atoms with Crippen molar-refractivity contribution in [2.75, 3.05) is 32.7 Å². The second-order valence-electron chi connectivity index (χ2n) is 7.09. The van der Waals surface area contributed by atoms with E-state index in [0.717, 1.165) is 61.7 Å². The van der Waals surface area contributed by atoms with Crippen molar-refractivity contribution in [3.05, 3.63) is 42.2 Å². The molecule has 0 saturated carbocycles. The second-order valence-corrected chi connectivity index (χ2v) is 7.09. The van der Waals surface area contributed by atoms with Crippen LogP contribution in [0.25, 0.3) is 11.1 Å². The number of carbonyl (C=O) groups is 1. The Bertz CT molecular complexity index is 760. The Kier molecular flexibility index (Phi) is 6.50. The van der Waals surface area contributed by atoms with Gasteiger partial charge in [-0.25, -0.2) is 9.97 Å². The molecule has 1 fully saturated rings. The van der Waals surface area contributed by atoms with Gasteiger partial charge in [-0.15, -0.1) is 0 Å². The Morgan fingerprint density at radius 2 is 2.00 bits per heavy atom. The summed E-state index contributed by atoms with van der Waals surface area (Å²) in [6, 6.07) is 4.00. The average Bonchev–Trinajstić information content (AvgIpc) is 2.70. The molecule has 6 heteroatoms. The van der Waals surface area contributed by atoms with Gasteiger partial charge in [0, 0.05) is 49.7 Å². The SMILES string of the molecule is CCN(CC)C(=O)CN1CCCC(c2nc(C)ncc2-c2ccncc2)C1. The number of amides is 1. The molecule has 3 rings (SSSR count). The molecule has 1 aliphatic rings. The number of likely N-dealkylation sites (tertiary alicyclic amines) is 1. The molecule has 1 saturated heterocycles. The first kappa shape index (κ1) is 19.4. The number of carbonyl (C=O) groups excluding carboxylic acids is 1. The van der Waals surface area contributed by atoms with E-state index in [9.17, 15) is 4.79 Å². The maximum Gasteiger partial charge on any atom is 0.236 e. The monoisotopic (exact) mass is 367 g/mol. The van der Waals surface area contributed by atoms with Crippen molar-refractivity contribution >= 4 is 5.91 Å². The van der Waals surface area contributed by atoms with Crippen LogP contribution in [0.4, 0.5) is 0 Å². The number of hydrogen-bond acceptors (Lipinski definition) is 5. The van der Waals surface area contributed by atoms with Crippen LogP contribution in [0, 0.1) is 6.92 Å². The lowest BCUT2D eigenvalue weighted by atomic mass is 9.90. The molecule has 2 aromatic heterocycles. The molecule has 144 valence electrons. The predicted octanol–water partition coefficient (Wildman–Crippen LogP) is 2.89. The van der Waals surface area contributed by atoms with Crippen LogP contribution in [-0.2, 0) is 4.79 Å². The highest BCUT2D eigenvalue weighted by Crippen LogP contribution is 2.32. The minimum Gasteiger partial charge on any atom is -0.342 e. The number of piperidine rings is 1. The summed E-state index contributed by atoms with van der Waals surface area (Å²) in [5, 5.41) is 0. The highest BCUT2D eigenvalue weighted by atomic mass is 16.2. The van der Waals surface area contributed by atoms with Gasteiger partial charge in [-0.05, 0) is 57.9 Å². The molecule has 0 aromatic carbocycles. The third kappa shape index (κ3) is 4.69. The number of likely N-dealkylation sites (N-methyl/N-ethyl adjacent to an activating group) is 1. The Labute approximate surface area is 161 Å². The highest BCUT2D eigenvalue weighted by Gasteiger charge is 2.27. The van der Waals surface area contributed by atoms with E-state index in [0.29, 0.717) is 12.5 Å². The minimum atomic E-state index is 0.217. The van der Waals surface area contributed by atoms with E-state index in [2.05, 4.69) is 14.9 Å². The summed E-state index contributed by atoms with van der Waals surface area (Å²) in [4.78, 5) is 30.0. The third-order valence-corrected chi connectivity index (χ3v) is 5.30. The van der Waals surface area contributed by atoms with E-state index in [1.54, 1.807) is 12.4 Å². The zero-order valence-electron chi connectivity index (χ0n) is 16.6. The van der Waals surface area contributed by atoms with Crippen LogP contribution in [0.15, 0.2) is 30.7 Å². The molecule has 6 nitrogen and oxygen atoms in total. The van der Waals surface area contributed by atoms with Gasteiger partial charge in [-0.1, -0.05) is 0 Å². The van der Waals surface area contributed by atoms with E-state index in [4.69, 9.17) is 4.98 Å². The third-order valence-electron chi connectivity index (χ3n) is 5.30. The second kappa shape index (κ2) is 9.04. The Balaban J connectivity index is 1.80. The van der Waals surface area contributed by atoms with Gasteiger partial charge in [0.15, 0.2) is 0 Å². The maximum atomic E-state index is 12.5. The van der Waals surface area contributed by atoms with Crippen molar-refractivity contribution in [2.45, 2.75) is 39.5 Å². The number of pyridine rings is 1. The summed E-state index contributed by atoms with van der Waals surface area (Å²) in [5.74, 6) is 1.32. The van der Waals surface area contributed by atoms with Crippen LogP contribution in [0.1, 0.15) is 44.1 Å². The van der Waals surface area contributed by atoms with Gasteiger partial charge in [0.1, 0.15) is 5.82 Å². The largest absolute Gasteiger partial charge is 0.342 e. The summed E-state index contributed by atoms with van der Waals surface area (Å²) in [7, 11) is 0. The summed E-state index contributed by atoms with van der Waals surface area (Å²) < 4.78 is 0. The molecule has 1 amide bonds. The van der Waals surface area contributed by atoms with Crippen molar-refractivity contribution < 1.29 is 4.79 Å². The maximum absolute atomic E-state index is 12.5. The van der Waals surface area contributed by atoms with Gasteiger partial charge >= 0.3 is 0 Å². The number of hydrogen-bond donors (Lipinski definition) is 0. The van der Waals surface area contributed by atoms with Crippen molar-refractivity contribution in [1.29, 1.82) is 0 Å². The molecule has 3 heterocycles. The van der Waals surface area contributed by atoms with Crippen LogP contribution in [0.3, 0.4) is 0 Å². The Hall–Kier alpha value is -2.34. The van der Waals surface area contributed by atoms with E-state index in [-0.39, 0.29) is 5.91 Å². The first-order chi connectivity index (χ1) is 13.1. The van der Waals surface area contributed by atoms with Crippen molar-refractivity contribution in [3.63, 3.8) is 0 Å². The molecule has 0 aliphatic carbocycles. The van der Waals surface area contributed by atoms with E-state index in [1.165, 1.54) is 0 Å². The lowest BCUT2D eigenvalue weighted by Crippen LogP contribution is -2.43. The molecular weight excluding hydrogens is 338 g/mol. The van der Waals surface area contributed by atoms with Crippen molar-refractivity contribution in [2.24, 2.45) is 0 Å². The molecule has 1 unspecified atom stereocenters. The van der Waals surface area contributed by atoms with Gasteiger partial charge in [-0.3, -0.25) is 14.7 Å². The van der Waals surface area contributed by atoms with Gasteiger partial charge in [0.25, 0.3) is 0 Å². The molecule has 0 spiro atoms. The fourth-order valence-electron chi connectivity index (χ4n) is 3.84. The molecule has 0 bridgehead atoms. The van der Waals surface area contributed by atoms with Gasteiger partial charge in [0.05, 0.1) is 12.2 Å². The van der Waals surface area contributed by atoms with Crippen molar-refractivity contribution in [3.8, 4) is 11.1 Å². The van der Waals surface area contributed by atoms with Crippen LogP contribution in [0.5, 0.6) is 0 Å². The molecule has 0 radical (unpaired) electrons. The van der Waals surface area contributed by atoms with Gasteiger partial charge < -0.3 is 4.90 Å². The lowest BCUT2D eigenvalue weighted by molar-refractivity contribution is -0.132. The summed E-state index contributed by atoms with van der Waals surface area (Å²) in [6.45, 7) is 9.86. The van der Waals surface area contributed by atoms with Crippen LogP contribution < -0.4 is 0 Å². The van der Waals surface area contributed by atoms with E-state index < -0.39 is 0 Å². The summed E-state index contributed by atoms with van der Waals surface area (Å²) in [6.07, 6.45) is 7.69. The van der Waals surface area contributed by atoms with Crippen LogP contribution >= 0.6 is 0 Å². The standard InChI is InChI=1S/C21H29N5O/c1-4-26(5-2)20(27)15-25-12-6-7-18(14-25)21-19(13-23-16(3)24-21)17-8-10-22-11-9-17/h8-11,13,18H,4-7,12,14-15H2,1-3H3. The topological polar surface area (TPSA) is 62.2 Å². The van der Waals surface area contributed by atoms with Gasteiger partial charge in [-0.2, -0.15) is 0 Å². The van der Waals surface area contributed by atoms with E-state index in [1.807, 2.05) is 44.0 Å². The predicted molar refractivity (Wildman–Crippen MR) is 106 cm³/mol. The smallest absolute Gasteiger partial charge is 0.236 e. The minimum absolute atomic E-state index is 0.217. The highest BCUT2D eigenvalue weighted by molar-refractivity contribution is 5.78. The number of aryl methyl sites for hydroxylation is 1. The number of nitrogens with zero attached hydrogens (tertiary/aromatic N) is 5. The zero-order valence-corrected chi connectivity index (χ0v) is 16.6. The Morgan fingerprint density at radius 1 is 1.26 bits per heavy atom. The summed E-state index contributed by atoms with van der Waals surface area (Å²) in [5.41, 5.74) is 3.26. The van der Waals surface area contributed by atoms with Crippen molar-refractivity contribution in [1.82, 2.24) is 24.8 Å². The molecule has 27 heavy (non-hydrogen) atoms. The fourth-order valence-corrected chi connectivity index (χ4v) is 3.84. The zero-order chi connectivity index (χ0) is 19.2.